The van der Waals surface area contributed by atoms with E-state index in [9.17, 15) is 0 Å². The van der Waals surface area contributed by atoms with E-state index < -0.39 is 0 Å². The first kappa shape index (κ1) is 8.47. The lowest BCUT2D eigenvalue weighted by molar-refractivity contribution is 0.0669. The standard InChI is InChI=1S/C7H15NO/c1-4-6-7(3)9-8-5-2/h5,7H,4,6H2,1-3H3. The molecule has 0 aliphatic rings. The number of nitrogens with zero attached hydrogens (tertiary/aromatic N) is 1. The van der Waals surface area contributed by atoms with Crippen molar-refractivity contribution in [3.8, 4) is 0 Å². The van der Waals surface area contributed by atoms with Crippen molar-refractivity contribution in [2.24, 2.45) is 5.16 Å². The molecule has 9 heavy (non-hydrogen) atoms. The maximum absolute atomic E-state index is 5.00. The Hall–Kier alpha value is -0.530. The van der Waals surface area contributed by atoms with Crippen LogP contribution >= 0.6 is 0 Å². The summed E-state index contributed by atoms with van der Waals surface area (Å²) in [6.45, 7) is 6.00. The summed E-state index contributed by atoms with van der Waals surface area (Å²) in [5, 5.41) is 3.67. The van der Waals surface area contributed by atoms with E-state index in [4.69, 9.17) is 4.84 Å². The van der Waals surface area contributed by atoms with Gasteiger partial charge in [-0.25, -0.2) is 0 Å². The molecule has 0 aliphatic heterocycles. The third-order valence-corrected chi connectivity index (χ3v) is 1.04. The number of hydrogen-bond donors (Lipinski definition) is 0. The van der Waals surface area contributed by atoms with E-state index in [1.165, 1.54) is 0 Å². The Morgan fingerprint density at radius 3 is 2.78 bits per heavy atom. The van der Waals surface area contributed by atoms with E-state index in [0.717, 1.165) is 12.8 Å². The van der Waals surface area contributed by atoms with Crippen LogP contribution in [-0.4, -0.2) is 12.3 Å². The normalized spacial score (nSPS) is 14.1. The molecule has 0 N–H and O–H groups in total. The molecular weight excluding hydrogens is 114 g/mol. The topological polar surface area (TPSA) is 21.6 Å². The van der Waals surface area contributed by atoms with Crippen molar-refractivity contribution in [2.45, 2.75) is 39.7 Å². The van der Waals surface area contributed by atoms with E-state index in [-0.39, 0.29) is 6.10 Å². The smallest absolute Gasteiger partial charge is 0.124 e. The van der Waals surface area contributed by atoms with Gasteiger partial charge in [-0.2, -0.15) is 0 Å². The van der Waals surface area contributed by atoms with Crippen molar-refractivity contribution in [3.63, 3.8) is 0 Å². The zero-order valence-electron chi connectivity index (χ0n) is 6.42. The van der Waals surface area contributed by atoms with Crippen LogP contribution in [-0.2, 0) is 4.84 Å². The van der Waals surface area contributed by atoms with Crippen LogP contribution in [0.25, 0.3) is 0 Å². The van der Waals surface area contributed by atoms with Crippen molar-refractivity contribution >= 4 is 6.21 Å². The van der Waals surface area contributed by atoms with E-state index in [1.807, 2.05) is 13.8 Å². The molecule has 2 nitrogen and oxygen atoms in total. The van der Waals surface area contributed by atoms with Crippen LogP contribution in [0.1, 0.15) is 33.6 Å². The lowest BCUT2D eigenvalue weighted by Gasteiger charge is -2.05. The first-order chi connectivity index (χ1) is 4.31. The van der Waals surface area contributed by atoms with Crippen LogP contribution in [0.4, 0.5) is 0 Å². The third-order valence-electron chi connectivity index (χ3n) is 1.04. The second-order valence-corrected chi connectivity index (χ2v) is 2.07. The fraction of sp³-hybridized carbons (Fsp3) is 0.857. The van der Waals surface area contributed by atoms with Gasteiger partial charge in [0.2, 0.25) is 0 Å². The predicted molar refractivity (Wildman–Crippen MR) is 39.6 cm³/mol. The molecule has 0 fully saturated rings. The maximum Gasteiger partial charge on any atom is 0.124 e. The van der Waals surface area contributed by atoms with Gasteiger partial charge in [0.25, 0.3) is 0 Å². The van der Waals surface area contributed by atoms with Gasteiger partial charge in [0.1, 0.15) is 6.10 Å². The highest BCUT2D eigenvalue weighted by Gasteiger charge is 1.96. The summed E-state index contributed by atoms with van der Waals surface area (Å²) in [6, 6.07) is 0. The van der Waals surface area contributed by atoms with Gasteiger partial charge in [0.05, 0.1) is 0 Å². The first-order valence-electron chi connectivity index (χ1n) is 3.45. The van der Waals surface area contributed by atoms with E-state index in [2.05, 4.69) is 12.1 Å². The minimum absolute atomic E-state index is 0.270. The van der Waals surface area contributed by atoms with E-state index >= 15 is 0 Å². The Morgan fingerprint density at radius 1 is 1.67 bits per heavy atom. The van der Waals surface area contributed by atoms with Crippen LogP contribution in [0.2, 0.25) is 0 Å². The highest BCUT2D eigenvalue weighted by atomic mass is 16.6. The van der Waals surface area contributed by atoms with Gasteiger partial charge in [0.15, 0.2) is 0 Å². The highest BCUT2D eigenvalue weighted by Crippen LogP contribution is 1.99. The van der Waals surface area contributed by atoms with Crippen LogP contribution in [0.3, 0.4) is 0 Å². The van der Waals surface area contributed by atoms with Gasteiger partial charge < -0.3 is 4.84 Å². The molecule has 0 rings (SSSR count). The monoisotopic (exact) mass is 129 g/mol. The molecule has 1 unspecified atom stereocenters. The zero-order valence-corrected chi connectivity index (χ0v) is 6.42. The second-order valence-electron chi connectivity index (χ2n) is 2.07. The molecule has 1 atom stereocenters. The largest absolute Gasteiger partial charge is 0.393 e. The molecule has 0 heterocycles. The summed E-state index contributed by atoms with van der Waals surface area (Å²) in [7, 11) is 0. The van der Waals surface area contributed by atoms with E-state index in [0.29, 0.717) is 0 Å². The molecule has 0 bridgehead atoms. The molecule has 0 aromatic heterocycles. The van der Waals surface area contributed by atoms with Crippen molar-refractivity contribution < 1.29 is 4.84 Å². The van der Waals surface area contributed by atoms with Gasteiger partial charge in [-0.15, -0.1) is 0 Å². The van der Waals surface area contributed by atoms with Gasteiger partial charge in [-0.3, -0.25) is 0 Å². The van der Waals surface area contributed by atoms with Gasteiger partial charge >= 0.3 is 0 Å². The minimum atomic E-state index is 0.270. The maximum atomic E-state index is 5.00. The fourth-order valence-electron chi connectivity index (χ4n) is 0.624. The Balaban J connectivity index is 3.15. The van der Waals surface area contributed by atoms with Gasteiger partial charge in [-0.1, -0.05) is 18.5 Å². The molecule has 0 radical (unpaired) electrons. The van der Waals surface area contributed by atoms with Crippen LogP contribution in [0.15, 0.2) is 5.16 Å². The molecule has 0 saturated carbocycles. The molecular formula is C7H15NO. The van der Waals surface area contributed by atoms with Crippen LogP contribution in [0, 0.1) is 0 Å². The first-order valence-corrected chi connectivity index (χ1v) is 3.45. The predicted octanol–water partition coefficient (Wildman–Crippen LogP) is 2.20. The number of hydrogen-bond acceptors (Lipinski definition) is 2. The molecule has 0 aromatic rings. The zero-order chi connectivity index (χ0) is 7.11. The Labute approximate surface area is 56.9 Å². The van der Waals surface area contributed by atoms with Crippen LogP contribution in [0.5, 0.6) is 0 Å². The third kappa shape index (κ3) is 5.34. The van der Waals surface area contributed by atoms with Gasteiger partial charge in [0, 0.05) is 6.21 Å². The van der Waals surface area contributed by atoms with Crippen LogP contribution < -0.4 is 0 Å². The lowest BCUT2D eigenvalue weighted by atomic mass is 10.2. The summed E-state index contributed by atoms with van der Waals surface area (Å²) >= 11 is 0. The van der Waals surface area contributed by atoms with Crippen molar-refractivity contribution in [2.75, 3.05) is 0 Å². The highest BCUT2D eigenvalue weighted by molar-refractivity contribution is 5.52. The van der Waals surface area contributed by atoms with Crippen molar-refractivity contribution in [3.05, 3.63) is 0 Å². The molecule has 54 valence electrons. The quantitative estimate of drug-likeness (QED) is 0.421. The van der Waals surface area contributed by atoms with Crippen molar-refractivity contribution in [1.82, 2.24) is 0 Å². The Bertz CT molecular complexity index is 81.0. The molecule has 0 spiro atoms. The lowest BCUT2D eigenvalue weighted by Crippen LogP contribution is -2.02. The summed E-state index contributed by atoms with van der Waals surface area (Å²) in [5.74, 6) is 0. The average molecular weight is 129 g/mol. The molecule has 0 saturated heterocycles. The summed E-state index contributed by atoms with van der Waals surface area (Å²) in [4.78, 5) is 5.00. The number of rotatable bonds is 4. The van der Waals surface area contributed by atoms with Gasteiger partial charge in [-0.05, 0) is 20.3 Å². The Morgan fingerprint density at radius 2 is 2.33 bits per heavy atom. The molecule has 0 aliphatic carbocycles. The molecule has 2 heteroatoms. The Kier molecular flexibility index (Phi) is 5.27. The number of oxime groups is 1. The molecule has 0 amide bonds. The van der Waals surface area contributed by atoms with E-state index in [1.54, 1.807) is 6.21 Å². The average Bonchev–Trinajstić information content (AvgIpc) is 1.85. The minimum Gasteiger partial charge on any atom is -0.393 e. The second kappa shape index (κ2) is 5.60. The summed E-state index contributed by atoms with van der Waals surface area (Å²) < 4.78 is 0. The summed E-state index contributed by atoms with van der Waals surface area (Å²) in [6.07, 6.45) is 4.16. The molecule has 0 aromatic carbocycles. The SMILES string of the molecule is CC=NOC(C)CCC. The summed E-state index contributed by atoms with van der Waals surface area (Å²) in [5.41, 5.74) is 0. The van der Waals surface area contributed by atoms with Crippen molar-refractivity contribution in [1.29, 1.82) is 0 Å². The fourth-order valence-corrected chi connectivity index (χ4v) is 0.624.